The van der Waals surface area contributed by atoms with Gasteiger partial charge in [0.25, 0.3) is 0 Å². The van der Waals surface area contributed by atoms with Gasteiger partial charge >= 0.3 is 39.5 Å². The van der Waals surface area contributed by atoms with Gasteiger partial charge in [-0.3, -0.25) is 37.3 Å². The first-order valence-corrected chi connectivity index (χ1v) is 45.0. The lowest BCUT2D eigenvalue weighted by Crippen LogP contribution is -2.30. The Bertz CT molecular complexity index is 1930. The fourth-order valence-corrected chi connectivity index (χ4v) is 14.1. The van der Waals surface area contributed by atoms with E-state index in [2.05, 4.69) is 41.5 Å². The highest BCUT2D eigenvalue weighted by atomic mass is 31.2. The molecule has 0 spiro atoms. The fraction of sp³-hybridized carbons (Fsp3) is 0.951. The largest absolute Gasteiger partial charge is 0.472 e. The van der Waals surface area contributed by atoms with Crippen molar-refractivity contribution in [3.05, 3.63) is 0 Å². The number of ether oxygens (including phenoxy) is 4. The smallest absolute Gasteiger partial charge is 0.462 e. The van der Waals surface area contributed by atoms with E-state index in [0.717, 1.165) is 102 Å². The van der Waals surface area contributed by atoms with Gasteiger partial charge in [-0.1, -0.05) is 375 Å². The van der Waals surface area contributed by atoms with Crippen molar-refractivity contribution in [2.45, 2.75) is 445 Å². The molecular formula is C81H158O17P2. The molecule has 19 heteroatoms. The molecule has 0 aromatic carbocycles. The predicted octanol–water partition coefficient (Wildman–Crippen LogP) is 24.3. The van der Waals surface area contributed by atoms with Crippen LogP contribution in [0.25, 0.3) is 0 Å². The van der Waals surface area contributed by atoms with Gasteiger partial charge in [0.05, 0.1) is 26.4 Å². The lowest BCUT2D eigenvalue weighted by atomic mass is 10.00. The van der Waals surface area contributed by atoms with Crippen LogP contribution in [0.3, 0.4) is 0 Å². The summed E-state index contributed by atoms with van der Waals surface area (Å²) in [4.78, 5) is 72.9. The number of hydrogen-bond acceptors (Lipinski definition) is 15. The minimum absolute atomic E-state index is 0.103. The molecule has 0 bridgehead atoms. The summed E-state index contributed by atoms with van der Waals surface area (Å²) in [6.07, 6.45) is 62.9. The molecule has 3 N–H and O–H groups in total. The second-order valence-electron chi connectivity index (χ2n) is 29.9. The summed E-state index contributed by atoms with van der Waals surface area (Å²) in [5.74, 6) is -0.689. The Hall–Kier alpha value is -1.94. The average Bonchev–Trinajstić information content (AvgIpc) is 0.921. The van der Waals surface area contributed by atoms with Gasteiger partial charge in [-0.2, -0.15) is 0 Å². The first kappa shape index (κ1) is 98.1. The number of hydrogen-bond donors (Lipinski definition) is 3. The molecule has 100 heavy (non-hydrogen) atoms. The Morgan fingerprint density at radius 1 is 0.290 bits per heavy atom. The SMILES string of the molecule is CCCCCCCCCCCCCCCCCCCCCCCCC(=O)O[C@H](COC(=O)CCCCCCCCCCCCCCCCCCCC)COP(=O)(O)OC[C@@H](O)COP(=O)(O)OC[C@@H](COC(=O)CCCCCCCCC(C)CC)OC(=O)CCCCCCCCCC(C)C. The van der Waals surface area contributed by atoms with Crippen molar-refractivity contribution in [1.29, 1.82) is 0 Å². The fourth-order valence-electron chi connectivity index (χ4n) is 12.5. The minimum atomic E-state index is -4.96. The Kier molecular flexibility index (Phi) is 71.2. The van der Waals surface area contributed by atoms with Crippen LogP contribution in [0.5, 0.6) is 0 Å². The highest BCUT2D eigenvalue weighted by Crippen LogP contribution is 2.45. The number of rotatable bonds is 80. The van der Waals surface area contributed by atoms with Crippen LogP contribution < -0.4 is 0 Å². The maximum Gasteiger partial charge on any atom is 0.472 e. The first-order valence-electron chi connectivity index (χ1n) is 42.0. The molecule has 0 aliphatic rings. The molecule has 0 fully saturated rings. The molecule has 594 valence electrons. The van der Waals surface area contributed by atoms with Crippen LogP contribution in [0.1, 0.15) is 427 Å². The molecule has 0 saturated heterocycles. The van der Waals surface area contributed by atoms with Crippen molar-refractivity contribution in [3.8, 4) is 0 Å². The van der Waals surface area contributed by atoms with Crippen molar-refractivity contribution in [1.82, 2.24) is 0 Å². The Morgan fingerprint density at radius 3 is 0.760 bits per heavy atom. The van der Waals surface area contributed by atoms with E-state index in [-0.39, 0.29) is 25.7 Å². The van der Waals surface area contributed by atoms with E-state index in [9.17, 15) is 43.2 Å². The van der Waals surface area contributed by atoms with Gasteiger partial charge in [-0.15, -0.1) is 0 Å². The summed E-state index contributed by atoms with van der Waals surface area (Å²) in [6.45, 7) is 9.52. The van der Waals surface area contributed by atoms with Crippen molar-refractivity contribution >= 4 is 39.5 Å². The van der Waals surface area contributed by atoms with E-state index in [4.69, 9.17) is 37.0 Å². The van der Waals surface area contributed by atoms with Gasteiger partial charge < -0.3 is 33.8 Å². The zero-order valence-corrected chi connectivity index (χ0v) is 67.3. The normalized spacial score (nSPS) is 14.2. The molecule has 0 amide bonds. The van der Waals surface area contributed by atoms with Crippen LogP contribution in [0.2, 0.25) is 0 Å². The molecule has 0 heterocycles. The van der Waals surface area contributed by atoms with E-state index in [1.807, 2.05) is 0 Å². The standard InChI is InChI=1S/C81H158O17P2/c1-7-10-12-14-16-18-20-22-24-26-28-29-30-31-33-35-37-39-41-45-53-59-65-80(85)97-76(69-91-78(83)63-57-51-44-40-38-36-34-32-27-25-23-21-19-17-15-13-11-8-2)71-95-99(87,88)93-67-75(82)68-94-100(89,90)96-72-77(98-81(86)66-60-54-46-42-43-49-55-61-73(4)5)70-92-79(84)64-58-52-48-47-50-56-62-74(6)9-3/h73-77,82H,7-72H2,1-6H3,(H,87,88)(H,89,90)/t74?,75-,76-,77-/m1/s1. The second kappa shape index (κ2) is 72.6. The zero-order valence-electron chi connectivity index (χ0n) is 65.5. The molecule has 0 radical (unpaired) electrons. The predicted molar refractivity (Wildman–Crippen MR) is 409 cm³/mol. The molecule has 0 aliphatic heterocycles. The molecule has 0 rings (SSSR count). The number of phosphoric ester groups is 2. The summed E-state index contributed by atoms with van der Waals surface area (Å²) in [5, 5.41) is 10.6. The number of carbonyl (C=O) groups excluding carboxylic acids is 4. The van der Waals surface area contributed by atoms with Gasteiger partial charge in [0.1, 0.15) is 19.3 Å². The summed E-state index contributed by atoms with van der Waals surface area (Å²) in [5.41, 5.74) is 0. The molecule has 0 saturated carbocycles. The first-order chi connectivity index (χ1) is 48.4. The van der Waals surface area contributed by atoms with Crippen LogP contribution >= 0.6 is 15.6 Å². The summed E-state index contributed by atoms with van der Waals surface area (Å²) in [6, 6.07) is 0. The molecule has 0 aliphatic carbocycles. The molecule has 6 atom stereocenters. The average molecular weight is 1470 g/mol. The van der Waals surface area contributed by atoms with E-state index in [1.165, 1.54) is 238 Å². The van der Waals surface area contributed by atoms with Gasteiger partial charge in [-0.05, 0) is 37.5 Å². The topological polar surface area (TPSA) is 237 Å². The van der Waals surface area contributed by atoms with Crippen LogP contribution in [0.15, 0.2) is 0 Å². The van der Waals surface area contributed by atoms with E-state index in [1.54, 1.807) is 0 Å². The summed E-state index contributed by atoms with van der Waals surface area (Å²) in [7, 11) is -9.92. The number of aliphatic hydroxyl groups excluding tert-OH is 1. The number of phosphoric acid groups is 2. The zero-order chi connectivity index (χ0) is 73.5. The number of unbranched alkanes of at least 4 members (excludes halogenated alkanes) is 49. The lowest BCUT2D eigenvalue weighted by molar-refractivity contribution is -0.161. The third-order valence-electron chi connectivity index (χ3n) is 19.3. The van der Waals surface area contributed by atoms with Crippen LogP contribution in [-0.4, -0.2) is 96.7 Å². The van der Waals surface area contributed by atoms with Crippen molar-refractivity contribution in [2.75, 3.05) is 39.6 Å². The molecule has 3 unspecified atom stereocenters. The molecule has 0 aromatic heterocycles. The molecule has 0 aromatic rings. The quantitative estimate of drug-likeness (QED) is 0.0222. The third kappa shape index (κ3) is 73.0. The van der Waals surface area contributed by atoms with Gasteiger partial charge in [0.2, 0.25) is 0 Å². The maximum atomic E-state index is 13.1. The summed E-state index contributed by atoms with van der Waals surface area (Å²) < 4.78 is 68.6. The van der Waals surface area contributed by atoms with Gasteiger partial charge in [-0.25, -0.2) is 9.13 Å². The van der Waals surface area contributed by atoms with E-state index in [0.29, 0.717) is 31.6 Å². The van der Waals surface area contributed by atoms with Gasteiger partial charge in [0, 0.05) is 25.7 Å². The van der Waals surface area contributed by atoms with Crippen molar-refractivity contribution in [3.63, 3.8) is 0 Å². The van der Waals surface area contributed by atoms with Crippen molar-refractivity contribution < 1.29 is 80.2 Å². The third-order valence-corrected chi connectivity index (χ3v) is 21.2. The number of esters is 4. The Balaban J connectivity index is 5.18. The minimum Gasteiger partial charge on any atom is -0.462 e. The van der Waals surface area contributed by atoms with Crippen molar-refractivity contribution in [2.24, 2.45) is 11.8 Å². The van der Waals surface area contributed by atoms with Gasteiger partial charge in [0.15, 0.2) is 12.2 Å². The second-order valence-corrected chi connectivity index (χ2v) is 32.8. The van der Waals surface area contributed by atoms with E-state index >= 15 is 0 Å². The number of aliphatic hydroxyl groups is 1. The molecular weight excluding hydrogens is 1310 g/mol. The Labute approximate surface area is 613 Å². The van der Waals surface area contributed by atoms with Crippen LogP contribution in [0, 0.1) is 11.8 Å². The molecule has 17 nitrogen and oxygen atoms in total. The number of carbonyl (C=O) groups is 4. The Morgan fingerprint density at radius 2 is 0.510 bits per heavy atom. The highest BCUT2D eigenvalue weighted by Gasteiger charge is 2.30. The lowest BCUT2D eigenvalue weighted by Gasteiger charge is -2.21. The van der Waals surface area contributed by atoms with Crippen LogP contribution in [-0.2, 0) is 65.4 Å². The highest BCUT2D eigenvalue weighted by molar-refractivity contribution is 7.47. The van der Waals surface area contributed by atoms with E-state index < -0.39 is 97.5 Å². The summed E-state index contributed by atoms with van der Waals surface area (Å²) >= 11 is 0. The maximum absolute atomic E-state index is 13.1. The monoisotopic (exact) mass is 1470 g/mol. The van der Waals surface area contributed by atoms with Crippen LogP contribution in [0.4, 0.5) is 0 Å².